The molecule has 3 aliphatic carbocycles. The lowest BCUT2D eigenvalue weighted by molar-refractivity contribution is -0.132. The SMILES string of the molecule is CC(=O)Oc1cc(O)c2c3c1C[C@@H]1[C@@H]4CC[C@@H](N(CC(C)C)S(=O)(=O)Cc5ccccc5)[C@H](O2)[C@]34CCN1CC1CC1. The Bertz CT molecular complexity index is 1490. The summed E-state index contributed by atoms with van der Waals surface area (Å²) in [6.07, 6.45) is 5.33. The van der Waals surface area contributed by atoms with E-state index in [9.17, 15) is 18.3 Å². The first-order valence-corrected chi connectivity index (χ1v) is 17.2. The summed E-state index contributed by atoms with van der Waals surface area (Å²) in [5.41, 5.74) is 2.24. The summed E-state index contributed by atoms with van der Waals surface area (Å²) in [6, 6.07) is 10.8. The lowest BCUT2D eigenvalue weighted by Gasteiger charge is -2.60. The summed E-state index contributed by atoms with van der Waals surface area (Å²) < 4.78 is 42.7. The molecule has 1 spiro atoms. The van der Waals surface area contributed by atoms with E-state index in [1.807, 2.05) is 30.3 Å². The van der Waals surface area contributed by atoms with Crippen LogP contribution < -0.4 is 9.47 Å². The highest BCUT2D eigenvalue weighted by molar-refractivity contribution is 7.88. The van der Waals surface area contributed by atoms with Crippen molar-refractivity contribution in [2.24, 2.45) is 17.8 Å². The van der Waals surface area contributed by atoms with Gasteiger partial charge in [-0.25, -0.2) is 8.42 Å². The first-order chi connectivity index (χ1) is 20.1. The fourth-order valence-electron chi connectivity index (χ4n) is 8.73. The van der Waals surface area contributed by atoms with E-state index in [4.69, 9.17) is 9.47 Å². The first-order valence-electron chi connectivity index (χ1n) is 15.6. The highest BCUT2D eigenvalue weighted by atomic mass is 32.2. The number of rotatable bonds is 9. The smallest absolute Gasteiger partial charge is 0.308 e. The Morgan fingerprint density at radius 2 is 1.95 bits per heavy atom. The van der Waals surface area contributed by atoms with Crippen LogP contribution in [0, 0.1) is 17.8 Å². The average molecular weight is 595 g/mol. The van der Waals surface area contributed by atoms with Crippen LogP contribution in [0.15, 0.2) is 36.4 Å². The number of hydrogen-bond donors (Lipinski definition) is 1. The van der Waals surface area contributed by atoms with Crippen LogP contribution in [0.5, 0.6) is 17.2 Å². The average Bonchev–Trinajstić information content (AvgIpc) is 3.68. The van der Waals surface area contributed by atoms with Gasteiger partial charge in [-0.15, -0.1) is 0 Å². The molecule has 0 unspecified atom stereocenters. The van der Waals surface area contributed by atoms with Gasteiger partial charge in [-0.2, -0.15) is 4.31 Å². The molecule has 2 heterocycles. The van der Waals surface area contributed by atoms with E-state index in [0.29, 0.717) is 24.5 Å². The van der Waals surface area contributed by atoms with Crippen LogP contribution >= 0.6 is 0 Å². The number of phenols is 1. The maximum absolute atomic E-state index is 14.2. The fourth-order valence-corrected chi connectivity index (χ4v) is 10.7. The molecule has 2 saturated carbocycles. The molecule has 3 fully saturated rings. The molecule has 42 heavy (non-hydrogen) atoms. The minimum absolute atomic E-state index is 0.0345. The molecule has 2 bridgehead atoms. The molecule has 0 radical (unpaired) electrons. The molecule has 0 amide bonds. The van der Waals surface area contributed by atoms with Gasteiger partial charge in [0, 0.05) is 48.7 Å². The highest BCUT2D eigenvalue weighted by Gasteiger charge is 2.67. The van der Waals surface area contributed by atoms with Gasteiger partial charge >= 0.3 is 5.97 Å². The van der Waals surface area contributed by atoms with Crippen molar-refractivity contribution in [3.8, 4) is 17.2 Å². The van der Waals surface area contributed by atoms with Crippen molar-refractivity contribution < 1.29 is 27.8 Å². The number of likely N-dealkylation sites (tertiary alicyclic amines) is 1. The van der Waals surface area contributed by atoms with Crippen molar-refractivity contribution in [2.75, 3.05) is 19.6 Å². The van der Waals surface area contributed by atoms with Gasteiger partial charge in [0.05, 0.1) is 11.8 Å². The fraction of sp³-hybridized carbons (Fsp3) is 0.606. The molecule has 2 aliphatic heterocycles. The van der Waals surface area contributed by atoms with Gasteiger partial charge in [-0.3, -0.25) is 9.69 Å². The number of benzene rings is 2. The van der Waals surface area contributed by atoms with E-state index < -0.39 is 27.5 Å². The summed E-state index contributed by atoms with van der Waals surface area (Å²) in [5, 5.41) is 11.2. The van der Waals surface area contributed by atoms with Crippen molar-refractivity contribution in [3.63, 3.8) is 0 Å². The second-order valence-corrected chi connectivity index (χ2v) is 15.6. The van der Waals surface area contributed by atoms with Gasteiger partial charge in [0.15, 0.2) is 11.5 Å². The molecule has 2 aromatic rings. The number of esters is 1. The van der Waals surface area contributed by atoms with Crippen LogP contribution in [-0.2, 0) is 32.4 Å². The number of sulfonamides is 1. The number of piperidine rings is 1. The second-order valence-electron chi connectivity index (χ2n) is 13.7. The standard InChI is InChI=1S/C33H42N2O6S/c1-20(2)17-35(42(38,39)19-23-7-5-4-6-8-23)26-12-11-25-27-15-24-29(40-21(3)36)16-28(37)31-30(24)33(25,32(26)41-31)13-14-34(27)18-22-9-10-22/h4-8,16,20,22,25-27,32,37H,9-15,17-19H2,1-3H3/t25-,26+,27+,32-,33-/m0/s1. The van der Waals surface area contributed by atoms with Crippen molar-refractivity contribution in [1.82, 2.24) is 9.21 Å². The van der Waals surface area contributed by atoms with Crippen molar-refractivity contribution in [1.29, 1.82) is 0 Å². The second kappa shape index (κ2) is 10.2. The molecule has 7 rings (SSSR count). The molecule has 2 aromatic carbocycles. The number of aromatic hydroxyl groups is 1. The Hall–Kier alpha value is -2.62. The topological polar surface area (TPSA) is 96.4 Å². The van der Waals surface area contributed by atoms with Gasteiger partial charge < -0.3 is 14.6 Å². The number of nitrogens with zero attached hydrogens (tertiary/aromatic N) is 2. The van der Waals surface area contributed by atoms with Crippen LogP contribution in [0.2, 0.25) is 0 Å². The van der Waals surface area contributed by atoms with Gasteiger partial charge in [0.25, 0.3) is 0 Å². The van der Waals surface area contributed by atoms with Crippen LogP contribution in [0.1, 0.15) is 69.6 Å². The Morgan fingerprint density at radius 3 is 2.64 bits per heavy atom. The highest BCUT2D eigenvalue weighted by Crippen LogP contribution is 2.66. The zero-order chi connectivity index (χ0) is 29.4. The number of carbonyl (C=O) groups is 1. The Labute approximate surface area is 249 Å². The van der Waals surface area contributed by atoms with Gasteiger partial charge in [0.2, 0.25) is 10.0 Å². The Morgan fingerprint density at radius 1 is 1.19 bits per heavy atom. The zero-order valence-electron chi connectivity index (χ0n) is 24.8. The molecule has 5 aliphatic rings. The van der Waals surface area contributed by atoms with E-state index in [1.54, 1.807) is 4.31 Å². The number of hydrogen-bond acceptors (Lipinski definition) is 7. The summed E-state index contributed by atoms with van der Waals surface area (Å²) in [6.45, 7) is 7.91. The summed E-state index contributed by atoms with van der Waals surface area (Å²) >= 11 is 0. The van der Waals surface area contributed by atoms with E-state index in [2.05, 4.69) is 18.7 Å². The largest absolute Gasteiger partial charge is 0.504 e. The monoisotopic (exact) mass is 594 g/mol. The third-order valence-electron chi connectivity index (χ3n) is 10.4. The predicted octanol–water partition coefficient (Wildman–Crippen LogP) is 4.62. The first kappa shape index (κ1) is 28.2. The predicted molar refractivity (Wildman–Crippen MR) is 159 cm³/mol. The number of carbonyl (C=O) groups excluding carboxylic acids is 1. The Kier molecular flexibility index (Phi) is 6.87. The van der Waals surface area contributed by atoms with E-state index in [1.165, 1.54) is 25.8 Å². The van der Waals surface area contributed by atoms with Crippen LogP contribution in [-0.4, -0.2) is 66.5 Å². The van der Waals surface area contributed by atoms with Crippen molar-refractivity contribution >= 4 is 16.0 Å². The normalized spacial score (nSPS) is 29.8. The zero-order valence-corrected chi connectivity index (χ0v) is 25.6. The van der Waals surface area contributed by atoms with Gasteiger partial charge in [0.1, 0.15) is 11.9 Å². The van der Waals surface area contributed by atoms with Crippen LogP contribution in [0.4, 0.5) is 0 Å². The third kappa shape index (κ3) is 4.54. The third-order valence-corrected chi connectivity index (χ3v) is 12.2. The number of ether oxygens (including phenoxy) is 2. The molecule has 8 nitrogen and oxygen atoms in total. The number of phenolic OH excluding ortho intramolecular Hbond substituents is 1. The molecule has 5 atom stereocenters. The minimum atomic E-state index is -3.68. The summed E-state index contributed by atoms with van der Waals surface area (Å²) in [7, 11) is -3.68. The maximum Gasteiger partial charge on any atom is 0.308 e. The molecule has 0 aromatic heterocycles. The quantitative estimate of drug-likeness (QED) is 0.334. The molecule has 1 saturated heterocycles. The van der Waals surface area contributed by atoms with Crippen LogP contribution in [0.3, 0.4) is 0 Å². The lowest BCUT2D eigenvalue weighted by Crippen LogP contribution is -2.69. The molecular weight excluding hydrogens is 552 g/mol. The molecule has 1 N–H and O–H groups in total. The van der Waals surface area contributed by atoms with E-state index in [-0.39, 0.29) is 35.4 Å². The lowest BCUT2D eigenvalue weighted by atomic mass is 9.51. The molecule has 226 valence electrons. The molecular formula is C33H42N2O6S. The van der Waals surface area contributed by atoms with Crippen molar-refractivity contribution in [3.05, 3.63) is 53.1 Å². The summed E-state index contributed by atoms with van der Waals surface area (Å²) in [4.78, 5) is 14.8. The molecule has 9 heteroatoms. The van der Waals surface area contributed by atoms with Gasteiger partial charge in [-0.1, -0.05) is 44.2 Å². The minimum Gasteiger partial charge on any atom is -0.504 e. The van der Waals surface area contributed by atoms with Gasteiger partial charge in [-0.05, 0) is 68.4 Å². The van der Waals surface area contributed by atoms with Crippen LogP contribution in [0.25, 0.3) is 0 Å². The van der Waals surface area contributed by atoms with E-state index >= 15 is 0 Å². The van der Waals surface area contributed by atoms with E-state index in [0.717, 1.165) is 55.0 Å². The maximum atomic E-state index is 14.2. The Balaban J connectivity index is 1.34. The van der Waals surface area contributed by atoms with Crippen molar-refractivity contribution in [2.45, 2.75) is 88.7 Å². The summed E-state index contributed by atoms with van der Waals surface area (Å²) in [5.74, 6) is 1.53.